The maximum atomic E-state index is 12.2. The molecule has 2 rings (SSSR count). The van der Waals surface area contributed by atoms with Crippen LogP contribution >= 0.6 is 11.3 Å². The second-order valence-electron chi connectivity index (χ2n) is 5.03. The number of aliphatic hydroxyl groups is 1. The second-order valence-corrected chi connectivity index (χ2v) is 6.06. The monoisotopic (exact) mass is 278 g/mol. The van der Waals surface area contributed by atoms with Crippen LogP contribution in [0.25, 0.3) is 0 Å². The molecule has 0 bridgehead atoms. The highest BCUT2D eigenvalue weighted by molar-refractivity contribution is 7.16. The third-order valence-corrected chi connectivity index (χ3v) is 4.26. The van der Waals surface area contributed by atoms with Gasteiger partial charge in [0.1, 0.15) is 0 Å². The average molecular weight is 278 g/mol. The molecule has 0 saturated heterocycles. The fourth-order valence-electron chi connectivity index (χ4n) is 2.23. The molecule has 0 radical (unpaired) electrons. The molecule has 1 aromatic rings. The van der Waals surface area contributed by atoms with E-state index in [4.69, 9.17) is 5.11 Å². The molecule has 1 aliphatic rings. The first kappa shape index (κ1) is 14.0. The Morgan fingerprint density at radius 1 is 1.58 bits per heavy atom. The normalized spacial score (nSPS) is 16.7. The number of amides is 1. The lowest BCUT2D eigenvalue weighted by Crippen LogP contribution is -2.30. The number of anilines is 1. The first-order chi connectivity index (χ1) is 9.14. The summed E-state index contributed by atoms with van der Waals surface area (Å²) in [5, 5.41) is 12.1. The van der Waals surface area contributed by atoms with Crippen molar-refractivity contribution in [1.82, 2.24) is 4.98 Å². The van der Waals surface area contributed by atoms with E-state index >= 15 is 0 Å². The zero-order valence-corrected chi connectivity index (χ0v) is 11.8. The summed E-state index contributed by atoms with van der Waals surface area (Å²) in [5.41, 5.74) is -0.242. The highest BCUT2D eigenvalue weighted by Gasteiger charge is 2.36. The molecule has 102 valence electrons. The fourth-order valence-corrected chi connectivity index (χ4v) is 2.91. The zero-order chi connectivity index (χ0) is 13.7. The number of aromatic nitrogens is 1. The molecule has 1 aliphatic carbocycles. The van der Waals surface area contributed by atoms with Crippen molar-refractivity contribution in [3.8, 4) is 11.8 Å². The van der Waals surface area contributed by atoms with E-state index in [2.05, 4.69) is 22.1 Å². The van der Waals surface area contributed by atoms with E-state index in [0.29, 0.717) is 11.6 Å². The molecule has 4 nitrogen and oxygen atoms in total. The lowest BCUT2D eigenvalue weighted by molar-refractivity contribution is -0.124. The summed E-state index contributed by atoms with van der Waals surface area (Å²) in [6, 6.07) is 0. The first-order valence-electron chi connectivity index (χ1n) is 6.51. The second kappa shape index (κ2) is 6.18. The van der Waals surface area contributed by atoms with E-state index in [-0.39, 0.29) is 17.9 Å². The molecule has 0 aromatic carbocycles. The molecule has 0 unspecified atom stereocenters. The van der Waals surface area contributed by atoms with E-state index in [0.717, 1.165) is 30.6 Å². The van der Waals surface area contributed by atoms with E-state index in [9.17, 15) is 4.79 Å². The summed E-state index contributed by atoms with van der Waals surface area (Å²) in [4.78, 5) is 17.2. The van der Waals surface area contributed by atoms with Crippen molar-refractivity contribution in [2.45, 2.75) is 39.0 Å². The maximum Gasteiger partial charge on any atom is 0.232 e. The van der Waals surface area contributed by atoms with Crippen molar-refractivity contribution in [2.24, 2.45) is 5.41 Å². The van der Waals surface area contributed by atoms with Gasteiger partial charge in [0.25, 0.3) is 0 Å². The minimum Gasteiger partial charge on any atom is -0.395 e. The van der Waals surface area contributed by atoms with Crippen LogP contribution in [0.5, 0.6) is 0 Å². The smallest absolute Gasteiger partial charge is 0.232 e. The number of thiazole rings is 1. The van der Waals surface area contributed by atoms with Crippen LogP contribution in [0, 0.1) is 17.3 Å². The van der Waals surface area contributed by atoms with Crippen molar-refractivity contribution in [3.63, 3.8) is 0 Å². The van der Waals surface area contributed by atoms with Gasteiger partial charge in [0.15, 0.2) is 5.13 Å². The summed E-state index contributed by atoms with van der Waals surface area (Å²) in [7, 11) is 0. The van der Waals surface area contributed by atoms with Gasteiger partial charge in [0.05, 0.1) is 17.7 Å². The first-order valence-corrected chi connectivity index (χ1v) is 7.33. The summed E-state index contributed by atoms with van der Waals surface area (Å²) < 4.78 is 0. The van der Waals surface area contributed by atoms with Crippen molar-refractivity contribution in [1.29, 1.82) is 0 Å². The summed E-state index contributed by atoms with van der Waals surface area (Å²) in [6.07, 6.45) is 6.26. The number of hydrogen-bond donors (Lipinski definition) is 2. The van der Waals surface area contributed by atoms with E-state index < -0.39 is 0 Å². The van der Waals surface area contributed by atoms with Crippen LogP contribution < -0.4 is 5.32 Å². The standard InChI is InChI=1S/C14H18N2O2S/c1-14(7-3-4-8-14)12(18)16-13-15-10-11(19-13)6-2-5-9-17/h10,17H,3-5,7-9H2,1H3,(H,15,16,18). The van der Waals surface area contributed by atoms with Crippen LogP contribution in [0.3, 0.4) is 0 Å². The van der Waals surface area contributed by atoms with Gasteiger partial charge in [0.2, 0.25) is 5.91 Å². The van der Waals surface area contributed by atoms with Gasteiger partial charge in [0, 0.05) is 11.8 Å². The van der Waals surface area contributed by atoms with Gasteiger partial charge in [-0.15, -0.1) is 0 Å². The minimum absolute atomic E-state index is 0.0632. The Kier molecular flexibility index (Phi) is 4.56. The maximum absolute atomic E-state index is 12.2. The molecule has 0 spiro atoms. The number of nitrogens with zero attached hydrogens (tertiary/aromatic N) is 1. The van der Waals surface area contributed by atoms with Crippen molar-refractivity contribution in [2.75, 3.05) is 11.9 Å². The molecule has 1 heterocycles. The Bertz CT molecular complexity index is 507. The van der Waals surface area contributed by atoms with Crippen LogP contribution in [0.4, 0.5) is 5.13 Å². The van der Waals surface area contributed by atoms with Gasteiger partial charge >= 0.3 is 0 Å². The Labute approximate surface area is 117 Å². The number of carbonyl (C=O) groups excluding carboxylic acids is 1. The topological polar surface area (TPSA) is 62.2 Å². The minimum atomic E-state index is -0.242. The van der Waals surface area contributed by atoms with E-state index in [1.165, 1.54) is 11.3 Å². The third-order valence-electron chi connectivity index (χ3n) is 3.43. The van der Waals surface area contributed by atoms with Crippen molar-refractivity contribution < 1.29 is 9.90 Å². The number of nitrogens with one attached hydrogen (secondary N) is 1. The predicted molar refractivity (Wildman–Crippen MR) is 75.9 cm³/mol. The van der Waals surface area contributed by atoms with Gasteiger partial charge in [-0.25, -0.2) is 4.98 Å². The molecule has 2 N–H and O–H groups in total. The Morgan fingerprint density at radius 2 is 2.32 bits per heavy atom. The molecule has 1 saturated carbocycles. The number of rotatable bonds is 3. The predicted octanol–water partition coefficient (Wildman–Crippen LogP) is 2.40. The number of aliphatic hydroxyl groups excluding tert-OH is 1. The summed E-state index contributed by atoms with van der Waals surface area (Å²) in [5.74, 6) is 5.82. The van der Waals surface area contributed by atoms with E-state index in [1.807, 2.05) is 6.92 Å². The van der Waals surface area contributed by atoms with Gasteiger partial charge in [-0.05, 0) is 12.8 Å². The lowest BCUT2D eigenvalue weighted by atomic mass is 9.88. The molecule has 0 atom stereocenters. The third kappa shape index (κ3) is 3.55. The lowest BCUT2D eigenvalue weighted by Gasteiger charge is -2.21. The molecular weight excluding hydrogens is 260 g/mol. The Morgan fingerprint density at radius 3 is 3.00 bits per heavy atom. The quantitative estimate of drug-likeness (QED) is 0.835. The average Bonchev–Trinajstić information content (AvgIpc) is 3.00. The Balaban J connectivity index is 1.97. The van der Waals surface area contributed by atoms with Gasteiger partial charge in [-0.2, -0.15) is 0 Å². The van der Waals surface area contributed by atoms with Gasteiger partial charge in [-0.3, -0.25) is 4.79 Å². The van der Waals surface area contributed by atoms with Crippen LogP contribution in [0.1, 0.15) is 43.9 Å². The van der Waals surface area contributed by atoms with Crippen molar-refractivity contribution >= 4 is 22.4 Å². The van der Waals surface area contributed by atoms with Gasteiger partial charge < -0.3 is 10.4 Å². The SMILES string of the molecule is CC1(C(=O)Nc2ncc(C#CCCO)s2)CCCC1. The largest absolute Gasteiger partial charge is 0.395 e. The highest BCUT2D eigenvalue weighted by Crippen LogP contribution is 2.38. The Hall–Kier alpha value is -1.38. The highest BCUT2D eigenvalue weighted by atomic mass is 32.1. The van der Waals surface area contributed by atoms with Crippen LogP contribution in [-0.2, 0) is 4.79 Å². The molecular formula is C14H18N2O2S. The van der Waals surface area contributed by atoms with Crippen molar-refractivity contribution in [3.05, 3.63) is 11.1 Å². The number of hydrogen-bond acceptors (Lipinski definition) is 4. The fraction of sp³-hybridized carbons (Fsp3) is 0.571. The molecule has 1 amide bonds. The van der Waals surface area contributed by atoms with Crippen LogP contribution in [0.15, 0.2) is 6.20 Å². The van der Waals surface area contributed by atoms with E-state index in [1.54, 1.807) is 6.20 Å². The molecule has 5 heteroatoms. The van der Waals surface area contributed by atoms with Crippen LogP contribution in [-0.4, -0.2) is 22.6 Å². The molecule has 19 heavy (non-hydrogen) atoms. The van der Waals surface area contributed by atoms with Gasteiger partial charge in [-0.1, -0.05) is 42.9 Å². The molecule has 1 fully saturated rings. The summed E-state index contributed by atoms with van der Waals surface area (Å²) in [6.45, 7) is 2.08. The summed E-state index contributed by atoms with van der Waals surface area (Å²) >= 11 is 1.37. The van der Waals surface area contributed by atoms with Crippen LogP contribution in [0.2, 0.25) is 0 Å². The molecule has 1 aromatic heterocycles. The molecule has 0 aliphatic heterocycles. The number of carbonyl (C=O) groups is 1. The zero-order valence-electron chi connectivity index (χ0n) is 11.0.